The molecule has 1 aromatic rings. The van der Waals surface area contributed by atoms with Gasteiger partial charge >= 0.3 is 5.97 Å². The number of nitrogens with zero attached hydrogens (tertiary/aromatic N) is 3. The van der Waals surface area contributed by atoms with E-state index in [1.54, 1.807) is 4.90 Å². The highest BCUT2D eigenvalue weighted by atomic mass is 32.2. The number of carbonyl (C=O) groups is 2. The Labute approximate surface area is 128 Å². The number of aliphatic carboxylic acids is 1. The molecule has 1 unspecified atom stereocenters. The highest BCUT2D eigenvalue weighted by Gasteiger charge is 2.28. The van der Waals surface area contributed by atoms with Gasteiger partial charge < -0.3 is 14.6 Å². The van der Waals surface area contributed by atoms with Crippen molar-refractivity contribution in [3.63, 3.8) is 0 Å². The summed E-state index contributed by atoms with van der Waals surface area (Å²) in [4.78, 5) is 28.6. The average Bonchev–Trinajstić information content (AvgIpc) is 2.83. The number of likely N-dealkylation sites (N-methyl/N-ethyl adjacent to an activating group) is 1. The number of hydrogen-bond acceptors (Lipinski definition) is 4. The maximum Gasteiger partial charge on any atom is 0.313 e. The standard InChI is InChI=1S/C14H21N3O3S/c1-9(2)11-6-15-14(21-8-13(19)20)17(11)10-4-5-12(18)16(3)7-10/h6,9-10H,4-5,7-8H2,1-3H3,(H,19,20). The fourth-order valence-corrected chi connectivity index (χ4v) is 3.36. The van der Waals surface area contributed by atoms with E-state index in [4.69, 9.17) is 5.11 Å². The largest absolute Gasteiger partial charge is 0.481 e. The van der Waals surface area contributed by atoms with Gasteiger partial charge in [-0.25, -0.2) is 4.98 Å². The van der Waals surface area contributed by atoms with Gasteiger partial charge in [0.05, 0.1) is 11.8 Å². The number of carbonyl (C=O) groups excluding carboxylic acids is 1. The Morgan fingerprint density at radius 2 is 2.29 bits per heavy atom. The molecule has 0 aliphatic carbocycles. The zero-order valence-corrected chi connectivity index (χ0v) is 13.4. The van der Waals surface area contributed by atoms with Gasteiger partial charge in [-0.1, -0.05) is 25.6 Å². The molecule has 116 valence electrons. The van der Waals surface area contributed by atoms with Crippen molar-refractivity contribution in [2.45, 2.75) is 43.8 Å². The Balaban J connectivity index is 2.28. The second-order valence-corrected chi connectivity index (χ2v) is 6.58. The third-order valence-electron chi connectivity index (χ3n) is 3.67. The first-order valence-electron chi connectivity index (χ1n) is 7.05. The molecule has 1 aromatic heterocycles. The predicted molar refractivity (Wildman–Crippen MR) is 80.6 cm³/mol. The van der Waals surface area contributed by atoms with E-state index in [9.17, 15) is 9.59 Å². The van der Waals surface area contributed by atoms with Crippen molar-refractivity contribution in [3.05, 3.63) is 11.9 Å². The van der Waals surface area contributed by atoms with Crippen LogP contribution in [0.5, 0.6) is 0 Å². The molecule has 1 aliphatic rings. The Kier molecular flexibility index (Phi) is 4.92. The van der Waals surface area contributed by atoms with Crippen molar-refractivity contribution in [2.24, 2.45) is 0 Å². The summed E-state index contributed by atoms with van der Waals surface area (Å²) in [6.07, 6.45) is 3.13. The minimum Gasteiger partial charge on any atom is -0.481 e. The molecule has 6 nitrogen and oxygen atoms in total. The predicted octanol–water partition coefficient (Wildman–Crippen LogP) is 1.98. The summed E-state index contributed by atoms with van der Waals surface area (Å²) in [5, 5.41) is 9.59. The zero-order valence-electron chi connectivity index (χ0n) is 12.6. The van der Waals surface area contributed by atoms with Crippen LogP contribution >= 0.6 is 11.8 Å². The van der Waals surface area contributed by atoms with E-state index in [2.05, 4.69) is 23.4 Å². The summed E-state index contributed by atoms with van der Waals surface area (Å²) in [5.74, 6) is -0.385. The number of rotatable bonds is 5. The van der Waals surface area contributed by atoms with Gasteiger partial charge in [0.2, 0.25) is 5.91 Å². The first-order valence-corrected chi connectivity index (χ1v) is 8.04. The summed E-state index contributed by atoms with van der Waals surface area (Å²) in [7, 11) is 1.81. The molecule has 1 atom stereocenters. The molecule has 0 spiro atoms. The Morgan fingerprint density at radius 3 is 2.86 bits per heavy atom. The lowest BCUT2D eigenvalue weighted by molar-refractivity contribution is -0.134. The molecule has 21 heavy (non-hydrogen) atoms. The lowest BCUT2D eigenvalue weighted by atomic mass is 10.0. The SMILES string of the molecule is CC(C)c1cnc(SCC(=O)O)n1C1CCC(=O)N(C)C1. The van der Waals surface area contributed by atoms with Gasteiger partial charge in [-0.15, -0.1) is 0 Å². The first-order chi connectivity index (χ1) is 9.90. The van der Waals surface area contributed by atoms with Crippen LogP contribution < -0.4 is 0 Å². The van der Waals surface area contributed by atoms with Crippen LogP contribution in [0, 0.1) is 0 Å². The fourth-order valence-electron chi connectivity index (χ4n) is 2.58. The molecule has 1 fully saturated rings. The molecule has 7 heteroatoms. The lowest BCUT2D eigenvalue weighted by Gasteiger charge is -2.32. The van der Waals surface area contributed by atoms with Crippen LogP contribution in [0.15, 0.2) is 11.4 Å². The van der Waals surface area contributed by atoms with Gasteiger partial charge in [-0.3, -0.25) is 9.59 Å². The minimum absolute atomic E-state index is 0.00393. The molecule has 0 aromatic carbocycles. The molecular formula is C14H21N3O3S. The number of thioether (sulfide) groups is 1. The van der Waals surface area contributed by atoms with E-state index in [0.29, 0.717) is 18.9 Å². The smallest absolute Gasteiger partial charge is 0.313 e. The number of imidazole rings is 1. The van der Waals surface area contributed by atoms with E-state index in [1.165, 1.54) is 11.8 Å². The maximum absolute atomic E-state index is 11.6. The summed E-state index contributed by atoms with van der Waals surface area (Å²) in [6.45, 7) is 4.84. The van der Waals surface area contributed by atoms with Crippen molar-refractivity contribution in [2.75, 3.05) is 19.3 Å². The van der Waals surface area contributed by atoms with Gasteiger partial charge in [0.1, 0.15) is 0 Å². The monoisotopic (exact) mass is 311 g/mol. The molecule has 2 heterocycles. The summed E-state index contributed by atoms with van der Waals surface area (Å²) >= 11 is 1.24. The van der Waals surface area contributed by atoms with Gasteiger partial charge in [-0.05, 0) is 12.3 Å². The van der Waals surface area contributed by atoms with E-state index >= 15 is 0 Å². The van der Waals surface area contributed by atoms with Crippen molar-refractivity contribution in [3.8, 4) is 0 Å². The normalized spacial score (nSPS) is 19.3. The van der Waals surface area contributed by atoms with Crippen LogP contribution in [0.1, 0.15) is 44.3 Å². The first kappa shape index (κ1) is 15.9. The Morgan fingerprint density at radius 1 is 1.57 bits per heavy atom. The van der Waals surface area contributed by atoms with E-state index in [0.717, 1.165) is 17.3 Å². The van der Waals surface area contributed by atoms with Gasteiger partial charge in [0, 0.05) is 31.9 Å². The van der Waals surface area contributed by atoms with Gasteiger partial charge in [0.25, 0.3) is 0 Å². The molecule has 1 N–H and O–H groups in total. The number of likely N-dealkylation sites (tertiary alicyclic amines) is 1. The molecule has 0 radical (unpaired) electrons. The second kappa shape index (κ2) is 6.51. The lowest BCUT2D eigenvalue weighted by Crippen LogP contribution is -2.38. The third kappa shape index (κ3) is 3.58. The minimum atomic E-state index is -0.850. The van der Waals surface area contributed by atoms with Crippen LogP contribution in [0.2, 0.25) is 0 Å². The zero-order chi connectivity index (χ0) is 15.6. The third-order valence-corrected chi connectivity index (χ3v) is 4.63. The van der Waals surface area contributed by atoms with Crippen molar-refractivity contribution < 1.29 is 14.7 Å². The molecule has 2 rings (SSSR count). The van der Waals surface area contributed by atoms with E-state index in [1.807, 2.05) is 13.2 Å². The fraction of sp³-hybridized carbons (Fsp3) is 0.643. The number of aromatic nitrogens is 2. The van der Waals surface area contributed by atoms with Gasteiger partial charge in [-0.2, -0.15) is 0 Å². The van der Waals surface area contributed by atoms with E-state index < -0.39 is 5.97 Å². The maximum atomic E-state index is 11.6. The molecule has 1 aliphatic heterocycles. The van der Waals surface area contributed by atoms with E-state index in [-0.39, 0.29) is 17.7 Å². The number of amides is 1. The highest BCUT2D eigenvalue weighted by molar-refractivity contribution is 7.99. The second-order valence-electron chi connectivity index (χ2n) is 5.64. The number of piperidine rings is 1. The topological polar surface area (TPSA) is 75.4 Å². The average molecular weight is 311 g/mol. The van der Waals surface area contributed by atoms with Crippen LogP contribution in [0.4, 0.5) is 0 Å². The molecule has 0 saturated carbocycles. The van der Waals surface area contributed by atoms with Crippen LogP contribution in [0.3, 0.4) is 0 Å². The highest BCUT2D eigenvalue weighted by Crippen LogP contribution is 2.31. The van der Waals surface area contributed by atoms with Gasteiger partial charge in [0.15, 0.2) is 5.16 Å². The molecule has 0 bridgehead atoms. The summed E-state index contributed by atoms with van der Waals surface area (Å²) in [5.41, 5.74) is 1.09. The Hall–Kier alpha value is -1.50. The summed E-state index contributed by atoms with van der Waals surface area (Å²) in [6, 6.07) is 0.170. The van der Waals surface area contributed by atoms with Crippen LogP contribution in [-0.2, 0) is 9.59 Å². The van der Waals surface area contributed by atoms with Crippen molar-refractivity contribution in [1.82, 2.24) is 14.5 Å². The van der Waals surface area contributed by atoms with Crippen LogP contribution in [0.25, 0.3) is 0 Å². The van der Waals surface area contributed by atoms with Crippen molar-refractivity contribution in [1.29, 1.82) is 0 Å². The van der Waals surface area contributed by atoms with Crippen LogP contribution in [-0.4, -0.2) is 50.8 Å². The molecular weight excluding hydrogens is 290 g/mol. The molecule has 1 saturated heterocycles. The summed E-state index contributed by atoms with van der Waals surface area (Å²) < 4.78 is 2.13. The number of carboxylic acids is 1. The number of hydrogen-bond donors (Lipinski definition) is 1. The molecule has 1 amide bonds. The Bertz CT molecular complexity index is 542. The quantitative estimate of drug-likeness (QED) is 0.842. The van der Waals surface area contributed by atoms with Crippen molar-refractivity contribution >= 4 is 23.6 Å². The number of carboxylic acid groups (broad SMARTS) is 1.